The summed E-state index contributed by atoms with van der Waals surface area (Å²) in [6, 6.07) is 4.29. The zero-order valence-electron chi connectivity index (χ0n) is 10.9. The Balaban J connectivity index is 2.15. The van der Waals surface area contributed by atoms with Crippen molar-refractivity contribution in [2.75, 3.05) is 6.61 Å². The third-order valence-electron chi connectivity index (χ3n) is 3.48. The molecule has 1 atom stereocenters. The van der Waals surface area contributed by atoms with Gasteiger partial charge in [-0.1, -0.05) is 17.7 Å². The lowest BCUT2D eigenvalue weighted by Crippen LogP contribution is -2.22. The van der Waals surface area contributed by atoms with Gasteiger partial charge in [-0.3, -0.25) is 4.79 Å². The van der Waals surface area contributed by atoms with E-state index in [4.69, 9.17) is 4.74 Å². The maximum absolute atomic E-state index is 12.1. The largest absolute Gasteiger partial charge is 0.370 e. The molecule has 2 nitrogen and oxygen atoms in total. The van der Waals surface area contributed by atoms with Crippen molar-refractivity contribution < 1.29 is 9.53 Å². The molecule has 1 aliphatic heterocycles. The quantitative estimate of drug-likeness (QED) is 0.801. The van der Waals surface area contributed by atoms with Crippen LogP contribution < -0.4 is 0 Å². The van der Waals surface area contributed by atoms with Gasteiger partial charge >= 0.3 is 0 Å². The van der Waals surface area contributed by atoms with Crippen LogP contribution in [0.5, 0.6) is 0 Å². The molecule has 1 aromatic carbocycles. The molecule has 1 fully saturated rings. The molecule has 2 heteroatoms. The summed E-state index contributed by atoms with van der Waals surface area (Å²) in [5.41, 5.74) is 4.87. The van der Waals surface area contributed by atoms with Gasteiger partial charge in [-0.25, -0.2) is 0 Å². The number of ketones is 1. The average Bonchev–Trinajstić information content (AvgIpc) is 2.76. The summed E-state index contributed by atoms with van der Waals surface area (Å²) >= 11 is 0. The van der Waals surface area contributed by atoms with Gasteiger partial charge in [-0.05, 0) is 50.3 Å². The van der Waals surface area contributed by atoms with Crippen LogP contribution in [0.1, 0.15) is 35.1 Å². The Morgan fingerprint density at radius 3 is 2.47 bits per heavy atom. The minimum absolute atomic E-state index is 0.157. The molecule has 0 amide bonds. The molecule has 17 heavy (non-hydrogen) atoms. The van der Waals surface area contributed by atoms with Crippen molar-refractivity contribution in [3.63, 3.8) is 0 Å². The highest BCUT2D eigenvalue weighted by atomic mass is 16.5. The number of hydrogen-bond acceptors (Lipinski definition) is 2. The monoisotopic (exact) mass is 232 g/mol. The van der Waals surface area contributed by atoms with E-state index < -0.39 is 0 Å². The highest BCUT2D eigenvalue weighted by molar-refractivity contribution is 5.86. The van der Waals surface area contributed by atoms with E-state index in [-0.39, 0.29) is 11.9 Å². The molecule has 0 saturated carbocycles. The maximum atomic E-state index is 12.1. The highest BCUT2D eigenvalue weighted by Crippen LogP contribution is 2.20. The molecule has 0 N–H and O–H groups in total. The van der Waals surface area contributed by atoms with E-state index in [1.807, 2.05) is 0 Å². The Labute approximate surface area is 103 Å². The highest BCUT2D eigenvalue weighted by Gasteiger charge is 2.24. The van der Waals surface area contributed by atoms with E-state index in [2.05, 4.69) is 32.9 Å². The first kappa shape index (κ1) is 12.3. The van der Waals surface area contributed by atoms with Gasteiger partial charge in [0.1, 0.15) is 6.10 Å². The van der Waals surface area contributed by atoms with E-state index in [1.165, 1.54) is 22.3 Å². The molecular weight excluding hydrogens is 212 g/mol. The van der Waals surface area contributed by atoms with E-state index in [1.54, 1.807) is 0 Å². The number of aryl methyl sites for hydroxylation is 3. The Hall–Kier alpha value is -1.15. The van der Waals surface area contributed by atoms with Gasteiger partial charge in [-0.2, -0.15) is 0 Å². The fourth-order valence-corrected chi connectivity index (χ4v) is 2.61. The minimum atomic E-state index is -0.157. The lowest BCUT2D eigenvalue weighted by molar-refractivity contribution is -0.127. The topological polar surface area (TPSA) is 26.3 Å². The Morgan fingerprint density at radius 2 is 1.94 bits per heavy atom. The number of Topliss-reactive ketones (excluding diaryl/α,β-unsaturated/α-hetero) is 1. The zero-order chi connectivity index (χ0) is 12.4. The first-order valence-electron chi connectivity index (χ1n) is 6.29. The van der Waals surface area contributed by atoms with E-state index in [0.717, 1.165) is 19.4 Å². The molecule has 0 spiro atoms. The second-order valence-electron chi connectivity index (χ2n) is 5.02. The molecule has 1 aliphatic rings. The van der Waals surface area contributed by atoms with E-state index in [9.17, 15) is 4.79 Å². The van der Waals surface area contributed by atoms with Crippen LogP contribution in [0.15, 0.2) is 12.1 Å². The van der Waals surface area contributed by atoms with Crippen molar-refractivity contribution in [2.45, 2.75) is 46.1 Å². The Kier molecular flexibility index (Phi) is 3.63. The fourth-order valence-electron chi connectivity index (χ4n) is 2.61. The summed E-state index contributed by atoms with van der Waals surface area (Å²) < 4.78 is 5.44. The summed E-state index contributed by atoms with van der Waals surface area (Å²) in [5, 5.41) is 0. The average molecular weight is 232 g/mol. The molecule has 0 aromatic heterocycles. The number of carbonyl (C=O) groups is 1. The Morgan fingerprint density at radius 1 is 1.29 bits per heavy atom. The van der Waals surface area contributed by atoms with Gasteiger partial charge in [0.15, 0.2) is 5.78 Å². The standard InChI is InChI=1S/C15H20O2/c1-10-7-11(2)13(12(3)8-10)9-14(16)15-5-4-6-17-15/h7-8,15H,4-6,9H2,1-3H3. The zero-order valence-corrected chi connectivity index (χ0v) is 10.9. The van der Waals surface area contributed by atoms with Crippen molar-refractivity contribution in [3.8, 4) is 0 Å². The van der Waals surface area contributed by atoms with E-state index >= 15 is 0 Å². The van der Waals surface area contributed by atoms with Crippen LogP contribution in [0.2, 0.25) is 0 Å². The predicted molar refractivity (Wildman–Crippen MR) is 68.3 cm³/mol. The number of hydrogen-bond donors (Lipinski definition) is 0. The number of benzene rings is 1. The van der Waals surface area contributed by atoms with Crippen molar-refractivity contribution in [1.82, 2.24) is 0 Å². The maximum Gasteiger partial charge on any atom is 0.165 e. The fraction of sp³-hybridized carbons (Fsp3) is 0.533. The third kappa shape index (κ3) is 2.75. The van der Waals surface area contributed by atoms with Crippen molar-refractivity contribution >= 4 is 5.78 Å². The van der Waals surface area contributed by atoms with Crippen LogP contribution in [0.4, 0.5) is 0 Å². The molecule has 0 aliphatic carbocycles. The number of ether oxygens (including phenoxy) is 1. The van der Waals surface area contributed by atoms with Crippen LogP contribution in [0.25, 0.3) is 0 Å². The Bertz CT molecular complexity index is 406. The smallest absolute Gasteiger partial charge is 0.165 e. The summed E-state index contributed by atoms with van der Waals surface area (Å²) in [5.74, 6) is 0.234. The SMILES string of the molecule is Cc1cc(C)c(CC(=O)C2CCCO2)c(C)c1. The summed E-state index contributed by atoms with van der Waals surface area (Å²) in [7, 11) is 0. The van der Waals surface area contributed by atoms with Gasteiger partial charge in [0.05, 0.1) is 0 Å². The summed E-state index contributed by atoms with van der Waals surface area (Å²) in [6.07, 6.45) is 2.27. The van der Waals surface area contributed by atoms with E-state index in [0.29, 0.717) is 6.42 Å². The normalized spacial score (nSPS) is 19.6. The molecular formula is C15H20O2. The molecule has 2 rings (SSSR count). The molecule has 1 aromatic rings. The lowest BCUT2D eigenvalue weighted by Gasteiger charge is -2.13. The molecule has 1 unspecified atom stereocenters. The molecule has 92 valence electrons. The van der Waals surface area contributed by atoms with Crippen LogP contribution >= 0.6 is 0 Å². The van der Waals surface area contributed by atoms with Crippen LogP contribution in [0.3, 0.4) is 0 Å². The second kappa shape index (κ2) is 5.01. The van der Waals surface area contributed by atoms with Crippen molar-refractivity contribution in [2.24, 2.45) is 0 Å². The predicted octanol–water partition coefficient (Wildman–Crippen LogP) is 2.90. The van der Waals surface area contributed by atoms with Gasteiger partial charge in [-0.15, -0.1) is 0 Å². The molecule has 1 heterocycles. The summed E-state index contributed by atoms with van der Waals surface area (Å²) in [4.78, 5) is 12.1. The van der Waals surface area contributed by atoms with Gasteiger partial charge < -0.3 is 4.74 Å². The van der Waals surface area contributed by atoms with Crippen LogP contribution in [0, 0.1) is 20.8 Å². The first-order chi connectivity index (χ1) is 8.08. The van der Waals surface area contributed by atoms with Crippen LogP contribution in [-0.2, 0) is 16.0 Å². The van der Waals surface area contributed by atoms with Gasteiger partial charge in [0.25, 0.3) is 0 Å². The summed E-state index contributed by atoms with van der Waals surface area (Å²) in [6.45, 7) is 6.99. The second-order valence-corrected chi connectivity index (χ2v) is 5.02. The van der Waals surface area contributed by atoms with Gasteiger partial charge in [0, 0.05) is 13.0 Å². The third-order valence-corrected chi connectivity index (χ3v) is 3.48. The first-order valence-corrected chi connectivity index (χ1v) is 6.29. The van der Waals surface area contributed by atoms with Crippen molar-refractivity contribution in [1.29, 1.82) is 0 Å². The van der Waals surface area contributed by atoms with Crippen LogP contribution in [-0.4, -0.2) is 18.5 Å². The van der Waals surface area contributed by atoms with Crippen molar-refractivity contribution in [3.05, 3.63) is 34.4 Å². The minimum Gasteiger partial charge on any atom is -0.370 e. The lowest BCUT2D eigenvalue weighted by atomic mass is 9.94. The number of carbonyl (C=O) groups excluding carboxylic acids is 1. The molecule has 1 saturated heterocycles. The van der Waals surface area contributed by atoms with Gasteiger partial charge in [0.2, 0.25) is 0 Å². The number of rotatable bonds is 3. The molecule has 0 radical (unpaired) electrons. The molecule has 0 bridgehead atoms.